The summed E-state index contributed by atoms with van der Waals surface area (Å²) in [7, 11) is -4.13. The summed E-state index contributed by atoms with van der Waals surface area (Å²) in [5.74, 6) is -0.455. The molecule has 2 amide bonds. The van der Waals surface area contributed by atoms with Crippen LogP contribution in [0.4, 0.5) is 20.6 Å². The van der Waals surface area contributed by atoms with Crippen molar-refractivity contribution in [1.82, 2.24) is 5.32 Å². The summed E-state index contributed by atoms with van der Waals surface area (Å²) in [6.45, 7) is 1.86. The molecule has 2 aromatic rings. The molecule has 1 unspecified atom stereocenters. The van der Waals surface area contributed by atoms with Crippen molar-refractivity contribution in [3.05, 3.63) is 48.3 Å². The Morgan fingerprint density at radius 2 is 1.91 bits per heavy atom. The summed E-state index contributed by atoms with van der Waals surface area (Å²) < 4.78 is 47.2. The van der Waals surface area contributed by atoms with E-state index in [-0.39, 0.29) is 41.0 Å². The number of sulfonamides is 1. The second kappa shape index (κ2) is 8.54. The van der Waals surface area contributed by atoms with Gasteiger partial charge in [0.25, 0.3) is 10.0 Å². The van der Waals surface area contributed by atoms with Crippen LogP contribution in [0.15, 0.2) is 47.4 Å². The average molecular weight is 478 g/mol. The van der Waals surface area contributed by atoms with Crippen molar-refractivity contribution in [3.8, 4) is 5.75 Å². The van der Waals surface area contributed by atoms with Crippen molar-refractivity contribution < 1.29 is 32.2 Å². The molecule has 0 aromatic heterocycles. The zero-order chi connectivity index (χ0) is 23.8. The monoisotopic (exact) mass is 477 g/mol. The van der Waals surface area contributed by atoms with Gasteiger partial charge < -0.3 is 15.2 Å². The molecule has 2 aromatic carbocycles. The lowest BCUT2D eigenvalue weighted by atomic mass is 9.70. The van der Waals surface area contributed by atoms with Gasteiger partial charge in [-0.25, -0.2) is 17.6 Å². The van der Waals surface area contributed by atoms with Crippen LogP contribution in [0, 0.1) is 11.2 Å². The first-order valence-corrected chi connectivity index (χ1v) is 11.9. The Morgan fingerprint density at radius 1 is 1.21 bits per heavy atom. The Morgan fingerprint density at radius 3 is 2.52 bits per heavy atom. The number of halogens is 1. The SMILES string of the molecule is CC1(C(=O)NCC2CN(S(=O)(=O)c3ccc(F)cc3)c3cc(NC(=O)O)ccc3O2)CCC1. The smallest absolute Gasteiger partial charge is 0.409 e. The zero-order valence-electron chi connectivity index (χ0n) is 17.9. The van der Waals surface area contributed by atoms with E-state index in [1.807, 2.05) is 6.92 Å². The molecule has 176 valence electrons. The lowest BCUT2D eigenvalue weighted by Crippen LogP contribution is -2.51. The highest BCUT2D eigenvalue weighted by molar-refractivity contribution is 7.92. The van der Waals surface area contributed by atoms with Crippen molar-refractivity contribution >= 4 is 33.4 Å². The van der Waals surface area contributed by atoms with Gasteiger partial charge in [-0.2, -0.15) is 0 Å². The topological polar surface area (TPSA) is 125 Å². The maximum absolute atomic E-state index is 13.4. The number of carbonyl (C=O) groups is 2. The highest BCUT2D eigenvalue weighted by atomic mass is 32.2. The van der Waals surface area contributed by atoms with Gasteiger partial charge in [-0.1, -0.05) is 13.3 Å². The molecule has 0 bridgehead atoms. The second-order valence-electron chi connectivity index (χ2n) is 8.47. The van der Waals surface area contributed by atoms with E-state index in [9.17, 15) is 22.4 Å². The van der Waals surface area contributed by atoms with Gasteiger partial charge in [0.15, 0.2) is 0 Å². The minimum absolute atomic E-state index is 0.0957. The van der Waals surface area contributed by atoms with Crippen LogP contribution in [0.3, 0.4) is 0 Å². The molecule has 1 heterocycles. The number of amides is 2. The molecule has 1 fully saturated rings. The van der Waals surface area contributed by atoms with E-state index >= 15 is 0 Å². The van der Waals surface area contributed by atoms with Crippen LogP contribution in [-0.4, -0.2) is 44.7 Å². The third-order valence-corrected chi connectivity index (χ3v) is 7.83. The fourth-order valence-corrected chi connectivity index (χ4v) is 5.43. The number of hydrogen-bond donors (Lipinski definition) is 3. The Hall–Kier alpha value is -3.34. The fourth-order valence-electron chi connectivity index (χ4n) is 3.94. The van der Waals surface area contributed by atoms with Gasteiger partial charge in [0.05, 0.1) is 23.7 Å². The highest BCUT2D eigenvalue weighted by Crippen LogP contribution is 2.41. The number of ether oxygens (including phenoxy) is 1. The predicted molar refractivity (Wildman–Crippen MR) is 118 cm³/mol. The number of rotatable bonds is 6. The van der Waals surface area contributed by atoms with Crippen molar-refractivity contribution in [2.24, 2.45) is 5.41 Å². The van der Waals surface area contributed by atoms with Crippen molar-refractivity contribution in [2.75, 3.05) is 22.7 Å². The number of anilines is 2. The van der Waals surface area contributed by atoms with Crippen LogP contribution in [0.5, 0.6) is 5.75 Å². The Labute approximate surface area is 190 Å². The minimum atomic E-state index is -4.13. The summed E-state index contributed by atoms with van der Waals surface area (Å²) in [5.41, 5.74) is -0.114. The first-order chi connectivity index (χ1) is 15.6. The summed E-state index contributed by atoms with van der Waals surface area (Å²) in [5, 5.41) is 14.1. The average Bonchev–Trinajstić information content (AvgIpc) is 2.75. The Balaban J connectivity index is 1.64. The molecule has 3 N–H and O–H groups in total. The molecule has 2 aliphatic rings. The Kier molecular flexibility index (Phi) is 5.91. The van der Waals surface area contributed by atoms with Crippen molar-refractivity contribution in [1.29, 1.82) is 0 Å². The normalized spacial score (nSPS) is 19.0. The van der Waals surface area contributed by atoms with Gasteiger partial charge in [-0.05, 0) is 55.3 Å². The van der Waals surface area contributed by atoms with Crippen LogP contribution in [0.1, 0.15) is 26.2 Å². The molecule has 1 saturated carbocycles. The lowest BCUT2D eigenvalue weighted by molar-refractivity contribution is -0.134. The number of carbonyl (C=O) groups excluding carboxylic acids is 1. The summed E-state index contributed by atoms with van der Waals surface area (Å²) in [6.07, 6.45) is 0.617. The van der Waals surface area contributed by atoms with Crippen LogP contribution < -0.4 is 19.7 Å². The first-order valence-electron chi connectivity index (χ1n) is 10.5. The van der Waals surface area contributed by atoms with E-state index in [1.54, 1.807) is 0 Å². The van der Waals surface area contributed by atoms with Crippen LogP contribution in [0.25, 0.3) is 0 Å². The van der Waals surface area contributed by atoms with Crippen LogP contribution >= 0.6 is 0 Å². The molecule has 1 aliphatic carbocycles. The van der Waals surface area contributed by atoms with E-state index in [0.717, 1.165) is 47.8 Å². The standard InChI is InChI=1S/C22H24FN3O6S/c1-22(9-2-10-22)20(27)24-12-16-13-26(33(30,31)17-6-3-14(23)4-7-17)18-11-15(25-21(28)29)5-8-19(18)32-16/h3-8,11,16,25H,2,9-10,12-13H2,1H3,(H,24,27)(H,28,29). The first kappa shape index (κ1) is 22.8. The molecule has 0 radical (unpaired) electrons. The van der Waals surface area contributed by atoms with E-state index in [4.69, 9.17) is 9.84 Å². The van der Waals surface area contributed by atoms with Gasteiger partial charge in [-0.15, -0.1) is 0 Å². The molecule has 9 nitrogen and oxygen atoms in total. The second-order valence-corrected chi connectivity index (χ2v) is 10.3. The maximum atomic E-state index is 13.4. The van der Waals surface area contributed by atoms with Gasteiger partial charge in [0, 0.05) is 11.1 Å². The molecule has 1 atom stereocenters. The molecule has 0 spiro atoms. The number of hydrogen-bond acceptors (Lipinski definition) is 5. The van der Waals surface area contributed by atoms with Crippen molar-refractivity contribution in [3.63, 3.8) is 0 Å². The molecule has 33 heavy (non-hydrogen) atoms. The van der Waals surface area contributed by atoms with E-state index in [2.05, 4.69) is 10.6 Å². The lowest BCUT2D eigenvalue weighted by Gasteiger charge is -2.38. The molecule has 4 rings (SSSR count). The molecular weight excluding hydrogens is 453 g/mol. The van der Waals surface area contributed by atoms with Crippen LogP contribution in [-0.2, 0) is 14.8 Å². The molecule has 11 heteroatoms. The van der Waals surface area contributed by atoms with Gasteiger partial charge in [-0.3, -0.25) is 14.4 Å². The number of nitrogens with one attached hydrogen (secondary N) is 2. The van der Waals surface area contributed by atoms with Gasteiger partial charge in [0.1, 0.15) is 17.7 Å². The number of carboxylic acid groups (broad SMARTS) is 1. The fraction of sp³-hybridized carbons (Fsp3) is 0.364. The van der Waals surface area contributed by atoms with Gasteiger partial charge in [0.2, 0.25) is 5.91 Å². The summed E-state index contributed by atoms with van der Waals surface area (Å²) >= 11 is 0. The maximum Gasteiger partial charge on any atom is 0.409 e. The van der Waals surface area contributed by atoms with Crippen LogP contribution in [0.2, 0.25) is 0 Å². The van der Waals surface area contributed by atoms with E-state index in [1.165, 1.54) is 18.2 Å². The third kappa shape index (κ3) is 4.58. The summed E-state index contributed by atoms with van der Waals surface area (Å²) in [4.78, 5) is 23.4. The predicted octanol–water partition coefficient (Wildman–Crippen LogP) is 3.18. The minimum Gasteiger partial charge on any atom is -0.484 e. The zero-order valence-corrected chi connectivity index (χ0v) is 18.7. The van der Waals surface area contributed by atoms with E-state index in [0.29, 0.717) is 0 Å². The van der Waals surface area contributed by atoms with E-state index < -0.39 is 33.5 Å². The molecular formula is C22H24FN3O6S. The van der Waals surface area contributed by atoms with Crippen molar-refractivity contribution in [2.45, 2.75) is 37.2 Å². The molecule has 1 aliphatic heterocycles. The number of fused-ring (bicyclic) bond motifs is 1. The van der Waals surface area contributed by atoms with Gasteiger partial charge >= 0.3 is 6.09 Å². The summed E-state index contributed by atoms with van der Waals surface area (Å²) in [6, 6.07) is 8.69. The highest BCUT2D eigenvalue weighted by Gasteiger charge is 2.40. The molecule has 0 saturated heterocycles. The largest absolute Gasteiger partial charge is 0.484 e. The Bertz CT molecular complexity index is 1180. The third-order valence-electron chi connectivity index (χ3n) is 6.04. The number of nitrogens with zero attached hydrogens (tertiary/aromatic N) is 1. The number of benzene rings is 2. The quantitative estimate of drug-likeness (QED) is 0.587.